The molecule has 0 aliphatic heterocycles. The Bertz CT molecular complexity index is 374. The molecule has 0 aliphatic carbocycles. The van der Waals surface area contributed by atoms with Gasteiger partial charge in [-0.05, 0) is 10.8 Å². The van der Waals surface area contributed by atoms with Gasteiger partial charge in [-0.1, -0.05) is 47.7 Å². The zero-order valence-corrected chi connectivity index (χ0v) is 8.54. The van der Waals surface area contributed by atoms with E-state index in [9.17, 15) is 0 Å². The first-order chi connectivity index (χ1) is 5.38. The minimum Gasteiger partial charge on any atom is -0.0634 e. The highest BCUT2D eigenvalue weighted by atomic mass is 28.1. The molecule has 0 radical (unpaired) electrons. The van der Waals surface area contributed by atoms with Gasteiger partial charge in [-0.25, -0.2) is 0 Å². The molecule has 2 rings (SSSR count). The van der Waals surface area contributed by atoms with E-state index in [1.54, 1.807) is 0 Å². The number of benzene rings is 2. The molecule has 2 aromatic carbocycles. The third kappa shape index (κ3) is 1.08. The molecule has 1 heteroatoms. The van der Waals surface area contributed by atoms with Gasteiger partial charge in [0.15, 0.2) is 0 Å². The molecule has 0 aromatic heterocycles. The quantitative estimate of drug-likeness (QED) is 0.498. The highest BCUT2D eigenvalue weighted by Gasteiger charge is 1.91. The van der Waals surface area contributed by atoms with Gasteiger partial charge >= 0.3 is 0 Å². The lowest BCUT2D eigenvalue weighted by atomic mass is 10.1. The maximum atomic E-state index is 2.20. The summed E-state index contributed by atoms with van der Waals surface area (Å²) < 4.78 is 0. The van der Waals surface area contributed by atoms with Crippen molar-refractivity contribution in [2.75, 3.05) is 0 Å². The molecule has 0 unspecified atom stereocenters. The lowest BCUT2D eigenvalue weighted by Crippen LogP contribution is -2.01. The second kappa shape index (κ2) is 2.51. The first-order valence-electron chi connectivity index (χ1n) is 3.82. The van der Waals surface area contributed by atoms with E-state index in [0.29, 0.717) is 0 Å². The van der Waals surface area contributed by atoms with Crippen LogP contribution in [0.4, 0.5) is 0 Å². The van der Waals surface area contributed by atoms with Crippen LogP contribution in [-0.2, 0) is 0 Å². The molecule has 0 aliphatic rings. The Morgan fingerprint density at radius 3 is 2.36 bits per heavy atom. The third-order valence-electron chi connectivity index (χ3n) is 2.01. The van der Waals surface area contributed by atoms with Crippen LogP contribution >= 0.6 is 0 Å². The SMILES string of the molecule is [SiH3]c1cccc2ccccc12. The number of hydrogen-bond acceptors (Lipinski definition) is 0. The van der Waals surface area contributed by atoms with Crippen molar-refractivity contribution in [3.63, 3.8) is 0 Å². The van der Waals surface area contributed by atoms with Crippen LogP contribution in [0.1, 0.15) is 0 Å². The Balaban J connectivity index is 2.91. The largest absolute Gasteiger partial charge is 0.0634 e. The van der Waals surface area contributed by atoms with Crippen LogP contribution in [0.2, 0.25) is 0 Å². The summed E-state index contributed by atoms with van der Waals surface area (Å²) in [6.07, 6.45) is 0. The molecule has 0 saturated carbocycles. The lowest BCUT2D eigenvalue weighted by molar-refractivity contribution is 1.78. The Morgan fingerprint density at radius 1 is 0.818 bits per heavy atom. The molecule has 0 spiro atoms. The summed E-state index contributed by atoms with van der Waals surface area (Å²) in [5.41, 5.74) is 0. The molecule has 0 bridgehead atoms. The van der Waals surface area contributed by atoms with E-state index in [1.807, 2.05) is 0 Å². The molecule has 0 nitrogen and oxygen atoms in total. The van der Waals surface area contributed by atoms with E-state index in [1.165, 1.54) is 16.0 Å². The van der Waals surface area contributed by atoms with Crippen molar-refractivity contribution >= 4 is 26.2 Å². The predicted octanol–water partition coefficient (Wildman–Crippen LogP) is 0.830. The van der Waals surface area contributed by atoms with Gasteiger partial charge in [0.25, 0.3) is 0 Å². The monoisotopic (exact) mass is 158 g/mol. The Kier molecular flexibility index (Phi) is 1.51. The van der Waals surface area contributed by atoms with Gasteiger partial charge in [0, 0.05) is 10.2 Å². The normalized spacial score (nSPS) is 10.5. The second-order valence-electron chi connectivity index (χ2n) is 2.80. The van der Waals surface area contributed by atoms with E-state index in [-0.39, 0.29) is 0 Å². The standard InChI is InChI=1S/C10H10Si/c11-10-7-3-5-8-4-1-2-6-9(8)10/h1-7H,11H3. The predicted molar refractivity (Wildman–Crippen MR) is 53.5 cm³/mol. The van der Waals surface area contributed by atoms with Gasteiger partial charge in [-0.2, -0.15) is 0 Å². The van der Waals surface area contributed by atoms with Crippen molar-refractivity contribution in [1.29, 1.82) is 0 Å². The van der Waals surface area contributed by atoms with Gasteiger partial charge in [-0.15, -0.1) is 0 Å². The average molecular weight is 158 g/mol. The number of fused-ring (bicyclic) bond motifs is 1. The molecule has 0 fully saturated rings. The first kappa shape index (κ1) is 6.62. The topological polar surface area (TPSA) is 0 Å². The molecule has 2 aromatic rings. The van der Waals surface area contributed by atoms with Gasteiger partial charge < -0.3 is 0 Å². The van der Waals surface area contributed by atoms with Crippen LogP contribution in [0.5, 0.6) is 0 Å². The van der Waals surface area contributed by atoms with Crippen LogP contribution < -0.4 is 5.19 Å². The maximum absolute atomic E-state index is 2.20. The fourth-order valence-electron chi connectivity index (χ4n) is 1.39. The van der Waals surface area contributed by atoms with E-state index in [2.05, 4.69) is 42.5 Å². The molecule has 0 amide bonds. The average Bonchev–Trinajstić information content (AvgIpc) is 2.06. The maximum Gasteiger partial charge on any atom is 0.0393 e. The fraction of sp³-hybridized carbons (Fsp3) is 0. The summed E-state index contributed by atoms with van der Waals surface area (Å²) in [5, 5.41) is 4.27. The third-order valence-corrected chi connectivity index (χ3v) is 2.88. The summed E-state index contributed by atoms with van der Waals surface area (Å²) in [6.45, 7) is 0. The Labute approximate surface area is 69.3 Å². The Hall–Kier alpha value is -1.08. The highest BCUT2D eigenvalue weighted by Crippen LogP contribution is 2.08. The van der Waals surface area contributed by atoms with Gasteiger partial charge in [0.2, 0.25) is 0 Å². The van der Waals surface area contributed by atoms with Crippen molar-refractivity contribution in [3.05, 3.63) is 42.5 Å². The summed E-state index contributed by atoms with van der Waals surface area (Å²) in [7, 11) is 1.14. The Morgan fingerprint density at radius 2 is 1.55 bits per heavy atom. The van der Waals surface area contributed by atoms with Gasteiger partial charge in [-0.3, -0.25) is 0 Å². The summed E-state index contributed by atoms with van der Waals surface area (Å²) in [4.78, 5) is 0. The van der Waals surface area contributed by atoms with Crippen LogP contribution in [0, 0.1) is 0 Å². The van der Waals surface area contributed by atoms with Gasteiger partial charge in [0.05, 0.1) is 0 Å². The van der Waals surface area contributed by atoms with Crippen LogP contribution in [0.15, 0.2) is 42.5 Å². The molecular formula is C10H10Si. The van der Waals surface area contributed by atoms with Crippen molar-refractivity contribution in [2.24, 2.45) is 0 Å². The van der Waals surface area contributed by atoms with Crippen LogP contribution in [0.25, 0.3) is 10.8 Å². The van der Waals surface area contributed by atoms with E-state index >= 15 is 0 Å². The lowest BCUT2D eigenvalue weighted by Gasteiger charge is -1.99. The van der Waals surface area contributed by atoms with E-state index < -0.39 is 0 Å². The summed E-state index contributed by atoms with van der Waals surface area (Å²) in [5.74, 6) is 0. The molecule has 0 N–H and O–H groups in total. The zero-order valence-electron chi connectivity index (χ0n) is 6.54. The van der Waals surface area contributed by atoms with Crippen molar-refractivity contribution < 1.29 is 0 Å². The molecule has 11 heavy (non-hydrogen) atoms. The van der Waals surface area contributed by atoms with E-state index in [4.69, 9.17) is 0 Å². The molecule has 0 heterocycles. The number of hydrogen-bond donors (Lipinski definition) is 0. The van der Waals surface area contributed by atoms with E-state index in [0.717, 1.165) is 10.2 Å². The molecule has 0 saturated heterocycles. The first-order valence-corrected chi connectivity index (χ1v) is 4.82. The van der Waals surface area contributed by atoms with Crippen molar-refractivity contribution in [2.45, 2.75) is 0 Å². The van der Waals surface area contributed by atoms with Crippen LogP contribution in [-0.4, -0.2) is 10.2 Å². The second-order valence-corrected chi connectivity index (χ2v) is 3.87. The summed E-state index contributed by atoms with van der Waals surface area (Å²) in [6, 6.07) is 15.0. The molecular weight excluding hydrogens is 148 g/mol. The zero-order chi connectivity index (χ0) is 7.68. The fourth-order valence-corrected chi connectivity index (χ4v) is 2.04. The van der Waals surface area contributed by atoms with Crippen LogP contribution in [0.3, 0.4) is 0 Å². The highest BCUT2D eigenvalue weighted by molar-refractivity contribution is 6.38. The smallest absolute Gasteiger partial charge is 0.0393 e. The minimum absolute atomic E-state index is 1.14. The van der Waals surface area contributed by atoms with Crippen molar-refractivity contribution in [3.8, 4) is 0 Å². The summed E-state index contributed by atoms with van der Waals surface area (Å²) >= 11 is 0. The molecule has 54 valence electrons. The van der Waals surface area contributed by atoms with Crippen molar-refractivity contribution in [1.82, 2.24) is 0 Å². The minimum atomic E-state index is 1.14. The number of rotatable bonds is 0. The molecule has 0 atom stereocenters. The van der Waals surface area contributed by atoms with Gasteiger partial charge in [0.1, 0.15) is 0 Å².